The number of urea groups is 1. The molecule has 1 atom stereocenters. The predicted molar refractivity (Wildman–Crippen MR) is 138 cm³/mol. The van der Waals surface area contributed by atoms with Gasteiger partial charge in [0.15, 0.2) is 0 Å². The summed E-state index contributed by atoms with van der Waals surface area (Å²) in [5.41, 5.74) is 6.45. The van der Waals surface area contributed by atoms with Crippen LogP contribution < -0.4 is 5.73 Å². The molecular formula is C29H27N3O. The van der Waals surface area contributed by atoms with E-state index in [-0.39, 0.29) is 6.03 Å². The highest BCUT2D eigenvalue weighted by Crippen LogP contribution is 2.38. The molecule has 5 aromatic rings. The van der Waals surface area contributed by atoms with Crippen LogP contribution in [0.3, 0.4) is 0 Å². The third-order valence-corrected chi connectivity index (χ3v) is 7.51. The van der Waals surface area contributed by atoms with Gasteiger partial charge in [-0.3, -0.25) is 0 Å². The molecule has 1 unspecified atom stereocenters. The van der Waals surface area contributed by atoms with Crippen LogP contribution in [-0.4, -0.2) is 42.5 Å². The number of rotatable bonds is 1. The highest BCUT2D eigenvalue weighted by molar-refractivity contribution is 6.22. The van der Waals surface area contributed by atoms with Crippen LogP contribution in [0, 0.1) is 0 Å². The van der Waals surface area contributed by atoms with E-state index in [9.17, 15) is 4.79 Å². The molecule has 33 heavy (non-hydrogen) atoms. The van der Waals surface area contributed by atoms with Crippen LogP contribution in [0.15, 0.2) is 78.9 Å². The van der Waals surface area contributed by atoms with Gasteiger partial charge in [0.05, 0.1) is 5.54 Å². The van der Waals surface area contributed by atoms with Gasteiger partial charge in [0, 0.05) is 19.6 Å². The van der Waals surface area contributed by atoms with Crippen molar-refractivity contribution in [3.8, 4) is 0 Å². The van der Waals surface area contributed by atoms with Crippen LogP contribution in [0.2, 0.25) is 0 Å². The smallest absolute Gasteiger partial charge is 0.315 e. The van der Waals surface area contributed by atoms with E-state index < -0.39 is 5.54 Å². The average Bonchev–Trinajstić information content (AvgIpc) is 2.82. The average molecular weight is 434 g/mol. The van der Waals surface area contributed by atoms with Gasteiger partial charge in [0.2, 0.25) is 0 Å². The molecule has 0 spiro atoms. The number of piperazine rings is 1. The molecule has 1 aliphatic rings. The maximum absolute atomic E-state index is 12.3. The van der Waals surface area contributed by atoms with Gasteiger partial charge >= 0.3 is 6.03 Å². The number of fused-ring (bicyclic) bond motifs is 7. The fourth-order valence-electron chi connectivity index (χ4n) is 5.78. The van der Waals surface area contributed by atoms with Gasteiger partial charge in [-0.1, -0.05) is 72.8 Å². The largest absolute Gasteiger partial charge is 0.351 e. The van der Waals surface area contributed by atoms with Crippen LogP contribution in [0.25, 0.3) is 43.1 Å². The van der Waals surface area contributed by atoms with Crippen molar-refractivity contribution in [1.82, 2.24) is 9.80 Å². The second-order valence-electron chi connectivity index (χ2n) is 9.55. The van der Waals surface area contributed by atoms with E-state index in [4.69, 9.17) is 5.73 Å². The third kappa shape index (κ3) is 2.98. The summed E-state index contributed by atoms with van der Waals surface area (Å²) in [6, 6.07) is 28.2. The lowest BCUT2D eigenvalue weighted by Gasteiger charge is -2.47. The lowest BCUT2D eigenvalue weighted by atomic mass is 9.85. The molecular weight excluding hydrogens is 406 g/mol. The molecule has 1 fully saturated rings. The van der Waals surface area contributed by atoms with E-state index in [1.54, 1.807) is 0 Å². The van der Waals surface area contributed by atoms with E-state index in [1.165, 1.54) is 43.1 Å². The van der Waals surface area contributed by atoms with Crippen molar-refractivity contribution in [2.24, 2.45) is 5.73 Å². The second-order valence-corrected chi connectivity index (χ2v) is 9.55. The summed E-state index contributed by atoms with van der Waals surface area (Å²) < 4.78 is 0. The van der Waals surface area contributed by atoms with Crippen molar-refractivity contribution < 1.29 is 4.79 Å². The fraction of sp³-hybridized carbons (Fsp3) is 0.207. The van der Waals surface area contributed by atoms with Crippen LogP contribution in [0.1, 0.15) is 12.5 Å². The molecule has 1 heterocycles. The molecule has 0 saturated carbocycles. The Labute approximate surface area is 193 Å². The number of benzene rings is 5. The quantitative estimate of drug-likeness (QED) is 0.338. The zero-order chi connectivity index (χ0) is 22.7. The summed E-state index contributed by atoms with van der Waals surface area (Å²) in [4.78, 5) is 16.4. The van der Waals surface area contributed by atoms with E-state index in [0.29, 0.717) is 6.54 Å². The maximum Gasteiger partial charge on any atom is 0.315 e. The molecule has 2 N–H and O–H groups in total. The van der Waals surface area contributed by atoms with Gasteiger partial charge in [0.25, 0.3) is 0 Å². The Bertz CT molecular complexity index is 1570. The lowest BCUT2D eigenvalue weighted by molar-refractivity contribution is 0.0491. The molecule has 1 saturated heterocycles. The number of hydrogen-bond acceptors (Lipinski definition) is 2. The molecule has 0 aliphatic carbocycles. The fourth-order valence-corrected chi connectivity index (χ4v) is 5.78. The van der Waals surface area contributed by atoms with Gasteiger partial charge in [-0.25, -0.2) is 4.79 Å². The van der Waals surface area contributed by atoms with Crippen LogP contribution in [-0.2, 0) is 5.54 Å². The van der Waals surface area contributed by atoms with E-state index >= 15 is 0 Å². The van der Waals surface area contributed by atoms with E-state index in [2.05, 4.69) is 97.7 Å². The SMILES string of the molecule is CN1CCN(C(N)=O)C(C)(c2ccc3ccc4c(ccc5c6ccccc6ccc54)c3c2)C1. The number of hydrogen-bond donors (Lipinski definition) is 1. The topological polar surface area (TPSA) is 49.6 Å². The van der Waals surface area contributed by atoms with Crippen molar-refractivity contribution in [3.05, 3.63) is 84.4 Å². The number of primary amides is 1. The van der Waals surface area contributed by atoms with Gasteiger partial charge in [-0.15, -0.1) is 0 Å². The number of nitrogens with two attached hydrogens (primary N) is 1. The molecule has 0 radical (unpaired) electrons. The van der Waals surface area contributed by atoms with Crippen molar-refractivity contribution >= 4 is 49.1 Å². The Morgan fingerprint density at radius 1 is 0.758 bits per heavy atom. The van der Waals surface area contributed by atoms with Crippen molar-refractivity contribution in [1.29, 1.82) is 0 Å². The molecule has 2 amide bonds. The standard InChI is InChI=1S/C29H27N3O/c1-29(18-31(2)15-16-32(29)28(30)33)21-10-7-20-9-12-25-24-11-8-19-5-3-4-6-22(19)23(24)13-14-26(25)27(20)17-21/h3-14,17H,15-16,18H2,1-2H3,(H2,30,33). The first-order valence-electron chi connectivity index (χ1n) is 11.5. The molecule has 6 rings (SSSR count). The van der Waals surface area contributed by atoms with Gasteiger partial charge < -0.3 is 15.5 Å². The van der Waals surface area contributed by atoms with E-state index in [0.717, 1.165) is 18.7 Å². The molecule has 4 nitrogen and oxygen atoms in total. The van der Waals surface area contributed by atoms with Crippen LogP contribution in [0.5, 0.6) is 0 Å². The van der Waals surface area contributed by atoms with Crippen LogP contribution in [0.4, 0.5) is 4.79 Å². The normalized spacial score (nSPS) is 19.6. The molecule has 5 aromatic carbocycles. The molecule has 0 aromatic heterocycles. The Hall–Kier alpha value is -3.63. The third-order valence-electron chi connectivity index (χ3n) is 7.51. The Morgan fingerprint density at radius 2 is 1.33 bits per heavy atom. The zero-order valence-corrected chi connectivity index (χ0v) is 19.0. The van der Waals surface area contributed by atoms with Gasteiger partial charge in [-0.2, -0.15) is 0 Å². The minimum atomic E-state index is -0.470. The minimum absolute atomic E-state index is 0.360. The number of nitrogens with zero attached hydrogens (tertiary/aromatic N) is 2. The summed E-state index contributed by atoms with van der Waals surface area (Å²) in [6.45, 7) is 4.34. The lowest BCUT2D eigenvalue weighted by Crippen LogP contribution is -2.61. The Balaban J connectivity index is 1.61. The molecule has 4 heteroatoms. The van der Waals surface area contributed by atoms with Crippen molar-refractivity contribution in [3.63, 3.8) is 0 Å². The predicted octanol–water partition coefficient (Wildman–Crippen LogP) is 5.84. The monoisotopic (exact) mass is 433 g/mol. The summed E-state index contributed by atoms with van der Waals surface area (Å²) in [5.74, 6) is 0. The first kappa shape index (κ1) is 20.0. The second kappa shape index (κ2) is 7.19. The number of carbonyl (C=O) groups excluding carboxylic acids is 1. The summed E-state index contributed by atoms with van der Waals surface area (Å²) in [5, 5.41) is 9.96. The first-order chi connectivity index (χ1) is 16.0. The van der Waals surface area contributed by atoms with Crippen molar-refractivity contribution in [2.45, 2.75) is 12.5 Å². The summed E-state index contributed by atoms with van der Waals surface area (Å²) in [6.07, 6.45) is 0. The first-order valence-corrected chi connectivity index (χ1v) is 11.5. The van der Waals surface area contributed by atoms with Gasteiger partial charge in [0.1, 0.15) is 0 Å². The Morgan fingerprint density at radius 3 is 2.06 bits per heavy atom. The number of likely N-dealkylation sites (N-methyl/N-ethyl adjacent to an activating group) is 1. The van der Waals surface area contributed by atoms with Crippen LogP contribution >= 0.6 is 0 Å². The molecule has 1 aliphatic heterocycles. The number of amides is 2. The molecule has 0 bridgehead atoms. The van der Waals surface area contributed by atoms with E-state index in [1.807, 2.05) is 4.90 Å². The summed E-state index contributed by atoms with van der Waals surface area (Å²) >= 11 is 0. The minimum Gasteiger partial charge on any atom is -0.351 e. The highest BCUT2D eigenvalue weighted by Gasteiger charge is 2.40. The summed E-state index contributed by atoms with van der Waals surface area (Å²) in [7, 11) is 2.10. The number of carbonyl (C=O) groups is 1. The maximum atomic E-state index is 12.3. The Kier molecular flexibility index (Phi) is 4.36. The highest BCUT2D eigenvalue weighted by atomic mass is 16.2. The van der Waals surface area contributed by atoms with Gasteiger partial charge in [-0.05, 0) is 68.7 Å². The van der Waals surface area contributed by atoms with Crippen molar-refractivity contribution in [2.75, 3.05) is 26.7 Å². The zero-order valence-electron chi connectivity index (χ0n) is 19.0. The molecule has 164 valence electrons.